The van der Waals surface area contributed by atoms with E-state index in [0.717, 1.165) is 57.8 Å². The molecule has 0 amide bonds. The average Bonchev–Trinajstić information content (AvgIpc) is 3.02. The Hall–Kier alpha value is -1.32. The number of unbranched alkanes of at least 4 members (excludes halogenated alkanes) is 26. The first-order valence-electron chi connectivity index (χ1n) is 20.2. The summed E-state index contributed by atoms with van der Waals surface area (Å²) in [6, 6.07) is 0. The number of aliphatic carboxylic acids is 1. The number of carboxylic acids is 1. The SMILES string of the molecule is CCCCCCCCCC/C=C\CCCCCCCCCCCCCC(=O)OC(CCCCCCC)CCCCCCC(=O)O. The number of allylic oxidation sites excluding steroid dienone is 2. The zero-order valence-corrected chi connectivity index (χ0v) is 30.4. The number of rotatable bonds is 37. The van der Waals surface area contributed by atoms with Gasteiger partial charge in [0, 0.05) is 12.8 Å². The van der Waals surface area contributed by atoms with Gasteiger partial charge in [-0.2, -0.15) is 0 Å². The molecule has 1 atom stereocenters. The van der Waals surface area contributed by atoms with Crippen molar-refractivity contribution in [2.75, 3.05) is 0 Å². The molecule has 0 bridgehead atoms. The minimum atomic E-state index is -0.710. The van der Waals surface area contributed by atoms with E-state index in [-0.39, 0.29) is 18.5 Å². The van der Waals surface area contributed by atoms with Gasteiger partial charge in [-0.05, 0) is 64.2 Å². The molecule has 4 heteroatoms. The highest BCUT2D eigenvalue weighted by molar-refractivity contribution is 5.69. The lowest BCUT2D eigenvalue weighted by Gasteiger charge is -2.18. The lowest BCUT2D eigenvalue weighted by atomic mass is 10.0. The summed E-state index contributed by atoms with van der Waals surface area (Å²) in [5.41, 5.74) is 0. The summed E-state index contributed by atoms with van der Waals surface area (Å²) >= 11 is 0. The molecule has 45 heavy (non-hydrogen) atoms. The van der Waals surface area contributed by atoms with Crippen molar-refractivity contribution in [1.29, 1.82) is 0 Å². The van der Waals surface area contributed by atoms with Crippen LogP contribution in [0.15, 0.2) is 12.2 Å². The van der Waals surface area contributed by atoms with E-state index in [9.17, 15) is 9.59 Å². The van der Waals surface area contributed by atoms with Crippen LogP contribution in [0, 0.1) is 0 Å². The van der Waals surface area contributed by atoms with Crippen LogP contribution in [0.1, 0.15) is 232 Å². The minimum absolute atomic E-state index is 0.0153. The highest BCUT2D eigenvalue weighted by Crippen LogP contribution is 2.18. The highest BCUT2D eigenvalue weighted by Gasteiger charge is 2.14. The van der Waals surface area contributed by atoms with Gasteiger partial charge in [-0.15, -0.1) is 0 Å². The molecule has 0 aromatic rings. The smallest absolute Gasteiger partial charge is 0.306 e. The Morgan fingerprint density at radius 3 is 1.20 bits per heavy atom. The maximum atomic E-state index is 12.5. The Labute approximate surface area is 281 Å². The molecule has 0 heterocycles. The molecule has 0 aliphatic rings. The van der Waals surface area contributed by atoms with Gasteiger partial charge in [-0.1, -0.05) is 167 Å². The van der Waals surface area contributed by atoms with Crippen LogP contribution in [0.5, 0.6) is 0 Å². The highest BCUT2D eigenvalue weighted by atomic mass is 16.5. The van der Waals surface area contributed by atoms with Gasteiger partial charge in [0.2, 0.25) is 0 Å². The van der Waals surface area contributed by atoms with Crippen molar-refractivity contribution < 1.29 is 19.4 Å². The van der Waals surface area contributed by atoms with Gasteiger partial charge >= 0.3 is 11.9 Å². The van der Waals surface area contributed by atoms with Crippen molar-refractivity contribution in [2.45, 2.75) is 238 Å². The Morgan fingerprint density at radius 1 is 0.467 bits per heavy atom. The van der Waals surface area contributed by atoms with E-state index in [1.807, 2.05) is 0 Å². The first-order valence-corrected chi connectivity index (χ1v) is 20.2. The monoisotopic (exact) mass is 635 g/mol. The fourth-order valence-electron chi connectivity index (χ4n) is 6.24. The van der Waals surface area contributed by atoms with Crippen LogP contribution in [0.25, 0.3) is 0 Å². The molecule has 1 unspecified atom stereocenters. The predicted octanol–water partition coefficient (Wildman–Crippen LogP) is 13.8. The number of carboxylic acid groups (broad SMARTS) is 1. The molecule has 0 fully saturated rings. The molecule has 4 nitrogen and oxygen atoms in total. The van der Waals surface area contributed by atoms with Crippen molar-refractivity contribution in [3.8, 4) is 0 Å². The fraction of sp³-hybridized carbons (Fsp3) is 0.902. The fourth-order valence-corrected chi connectivity index (χ4v) is 6.24. The molecule has 266 valence electrons. The van der Waals surface area contributed by atoms with E-state index in [1.165, 1.54) is 148 Å². The zero-order valence-electron chi connectivity index (χ0n) is 30.4. The van der Waals surface area contributed by atoms with Gasteiger partial charge in [-0.3, -0.25) is 9.59 Å². The Morgan fingerprint density at radius 2 is 0.800 bits per heavy atom. The van der Waals surface area contributed by atoms with Gasteiger partial charge in [0.05, 0.1) is 0 Å². The molecule has 0 saturated carbocycles. The zero-order chi connectivity index (χ0) is 32.9. The summed E-state index contributed by atoms with van der Waals surface area (Å²) in [7, 11) is 0. The summed E-state index contributed by atoms with van der Waals surface area (Å²) in [4.78, 5) is 23.2. The van der Waals surface area contributed by atoms with Crippen LogP contribution in [-0.2, 0) is 14.3 Å². The van der Waals surface area contributed by atoms with Crippen LogP contribution in [0.2, 0.25) is 0 Å². The van der Waals surface area contributed by atoms with E-state index < -0.39 is 5.97 Å². The quantitative estimate of drug-likeness (QED) is 0.0419. The largest absolute Gasteiger partial charge is 0.481 e. The van der Waals surface area contributed by atoms with Crippen LogP contribution < -0.4 is 0 Å². The predicted molar refractivity (Wildman–Crippen MR) is 195 cm³/mol. The van der Waals surface area contributed by atoms with E-state index in [0.29, 0.717) is 6.42 Å². The number of hydrogen-bond acceptors (Lipinski definition) is 3. The van der Waals surface area contributed by atoms with Crippen molar-refractivity contribution in [2.24, 2.45) is 0 Å². The van der Waals surface area contributed by atoms with Gasteiger partial charge in [-0.25, -0.2) is 0 Å². The molecule has 0 aromatic heterocycles. The molecular weight excluding hydrogens is 556 g/mol. The van der Waals surface area contributed by atoms with Crippen molar-refractivity contribution >= 4 is 11.9 Å². The van der Waals surface area contributed by atoms with Gasteiger partial charge in [0.15, 0.2) is 0 Å². The first-order chi connectivity index (χ1) is 22.1. The summed E-state index contributed by atoms with van der Waals surface area (Å²) < 4.78 is 5.91. The molecule has 0 spiro atoms. The third-order valence-electron chi connectivity index (χ3n) is 9.24. The van der Waals surface area contributed by atoms with Crippen molar-refractivity contribution in [3.63, 3.8) is 0 Å². The Bertz CT molecular complexity index is 643. The van der Waals surface area contributed by atoms with Crippen LogP contribution >= 0.6 is 0 Å². The topological polar surface area (TPSA) is 63.6 Å². The molecule has 1 N–H and O–H groups in total. The van der Waals surface area contributed by atoms with Crippen molar-refractivity contribution in [1.82, 2.24) is 0 Å². The second-order valence-corrected chi connectivity index (χ2v) is 13.8. The maximum Gasteiger partial charge on any atom is 0.306 e. The molecule has 0 aliphatic heterocycles. The second-order valence-electron chi connectivity index (χ2n) is 13.8. The van der Waals surface area contributed by atoms with Crippen LogP contribution in [-0.4, -0.2) is 23.1 Å². The molecule has 0 aromatic carbocycles. The molecular formula is C41H78O4. The molecule has 0 radical (unpaired) electrons. The average molecular weight is 635 g/mol. The summed E-state index contributed by atoms with van der Waals surface area (Å²) in [6.45, 7) is 4.52. The van der Waals surface area contributed by atoms with Gasteiger partial charge < -0.3 is 9.84 Å². The Balaban J connectivity index is 3.64. The van der Waals surface area contributed by atoms with E-state index in [2.05, 4.69) is 26.0 Å². The lowest BCUT2D eigenvalue weighted by Crippen LogP contribution is -2.18. The number of carbonyl (C=O) groups is 2. The molecule has 0 saturated heterocycles. The Kier molecular flexibility index (Phi) is 36.1. The summed E-state index contributed by atoms with van der Waals surface area (Å²) in [6.07, 6.45) is 45.5. The maximum absolute atomic E-state index is 12.5. The lowest BCUT2D eigenvalue weighted by molar-refractivity contribution is -0.150. The summed E-state index contributed by atoms with van der Waals surface area (Å²) in [5, 5.41) is 8.80. The standard InChI is InChI=1S/C41H78O4/c1-3-5-7-9-10-11-12-13-14-15-16-17-18-19-20-21-22-23-24-25-26-28-34-38-41(44)45-39(35-31-27-8-6-4-2)36-32-29-30-33-37-40(42)43/h15-16,39H,3-14,17-38H2,1-2H3,(H,42,43)/b16-15-. The number of carbonyl (C=O) groups excluding carboxylic acids is 1. The molecule has 0 rings (SSSR count). The third-order valence-corrected chi connectivity index (χ3v) is 9.24. The van der Waals surface area contributed by atoms with E-state index in [1.54, 1.807) is 0 Å². The minimum Gasteiger partial charge on any atom is -0.481 e. The van der Waals surface area contributed by atoms with Crippen molar-refractivity contribution in [3.05, 3.63) is 12.2 Å². The number of ether oxygens (including phenoxy) is 1. The van der Waals surface area contributed by atoms with E-state index in [4.69, 9.17) is 9.84 Å². The molecule has 0 aliphatic carbocycles. The third kappa shape index (κ3) is 37.0. The number of esters is 1. The normalized spacial score (nSPS) is 12.2. The first kappa shape index (κ1) is 43.7. The second kappa shape index (κ2) is 37.1. The van der Waals surface area contributed by atoms with Gasteiger partial charge in [0.1, 0.15) is 6.10 Å². The summed E-state index contributed by atoms with van der Waals surface area (Å²) in [5.74, 6) is -0.726. The number of hydrogen-bond donors (Lipinski definition) is 1. The van der Waals surface area contributed by atoms with Crippen LogP contribution in [0.3, 0.4) is 0 Å². The van der Waals surface area contributed by atoms with E-state index >= 15 is 0 Å². The van der Waals surface area contributed by atoms with Gasteiger partial charge in [0.25, 0.3) is 0 Å². The van der Waals surface area contributed by atoms with Crippen LogP contribution in [0.4, 0.5) is 0 Å².